The summed E-state index contributed by atoms with van der Waals surface area (Å²) in [5.41, 5.74) is 5.94. The van der Waals surface area contributed by atoms with Crippen molar-refractivity contribution in [3.8, 4) is 5.75 Å². The lowest BCUT2D eigenvalue weighted by Gasteiger charge is -2.35. The highest BCUT2D eigenvalue weighted by molar-refractivity contribution is 7.80. The molecule has 2 rings (SSSR count). The molecule has 5 nitrogen and oxygen atoms in total. The summed E-state index contributed by atoms with van der Waals surface area (Å²) < 4.78 is 5.07. The number of carbonyl (C=O) groups excluding carboxylic acids is 1. The highest BCUT2D eigenvalue weighted by atomic mass is 32.1. The molecule has 0 unspecified atom stereocenters. The van der Waals surface area contributed by atoms with Gasteiger partial charge in [-0.15, -0.1) is 0 Å². The van der Waals surface area contributed by atoms with Gasteiger partial charge in [-0.05, 0) is 54.7 Å². The monoisotopic (exact) mass is 335 g/mol. The van der Waals surface area contributed by atoms with E-state index in [1.54, 1.807) is 31.4 Å². The SMILES string of the molecule is COc1ccc(C(=O)NNC(=S)N[C@@H]2CCC[C@@H](C)[C@H]2C)cc1. The predicted octanol–water partition coefficient (Wildman–Crippen LogP) is 2.63. The zero-order chi connectivity index (χ0) is 16.8. The number of methoxy groups -OCH3 is 1. The summed E-state index contributed by atoms with van der Waals surface area (Å²) in [6.07, 6.45) is 3.59. The van der Waals surface area contributed by atoms with Gasteiger partial charge in [0.2, 0.25) is 0 Å². The van der Waals surface area contributed by atoms with Gasteiger partial charge in [-0.1, -0.05) is 26.7 Å². The Bertz CT molecular complexity index is 547. The van der Waals surface area contributed by atoms with E-state index in [2.05, 4.69) is 30.0 Å². The number of ether oxygens (including phenoxy) is 1. The zero-order valence-corrected chi connectivity index (χ0v) is 14.7. The molecule has 1 aliphatic carbocycles. The Hall–Kier alpha value is -1.82. The number of benzene rings is 1. The van der Waals surface area contributed by atoms with Crippen LogP contribution >= 0.6 is 12.2 Å². The summed E-state index contributed by atoms with van der Waals surface area (Å²) >= 11 is 5.28. The van der Waals surface area contributed by atoms with Crippen LogP contribution in [0.25, 0.3) is 0 Å². The molecule has 126 valence electrons. The lowest BCUT2D eigenvalue weighted by atomic mass is 9.78. The summed E-state index contributed by atoms with van der Waals surface area (Å²) in [6, 6.07) is 7.26. The van der Waals surface area contributed by atoms with E-state index in [0.29, 0.717) is 34.3 Å². The van der Waals surface area contributed by atoms with Crippen molar-refractivity contribution in [1.82, 2.24) is 16.2 Å². The third-order valence-corrected chi connectivity index (χ3v) is 4.89. The molecule has 1 amide bonds. The van der Waals surface area contributed by atoms with E-state index in [0.717, 1.165) is 6.42 Å². The van der Waals surface area contributed by atoms with Crippen molar-refractivity contribution in [1.29, 1.82) is 0 Å². The first-order chi connectivity index (χ1) is 11.0. The van der Waals surface area contributed by atoms with Gasteiger partial charge >= 0.3 is 0 Å². The van der Waals surface area contributed by atoms with E-state index < -0.39 is 0 Å². The van der Waals surface area contributed by atoms with Gasteiger partial charge in [-0.3, -0.25) is 15.6 Å². The van der Waals surface area contributed by atoms with Crippen LogP contribution in [0.5, 0.6) is 5.75 Å². The Morgan fingerprint density at radius 3 is 2.52 bits per heavy atom. The average Bonchev–Trinajstić information content (AvgIpc) is 2.57. The van der Waals surface area contributed by atoms with Gasteiger partial charge in [0.05, 0.1) is 7.11 Å². The number of nitrogens with one attached hydrogen (secondary N) is 3. The van der Waals surface area contributed by atoms with Gasteiger partial charge in [0.25, 0.3) is 5.91 Å². The van der Waals surface area contributed by atoms with Gasteiger partial charge in [0, 0.05) is 11.6 Å². The molecule has 23 heavy (non-hydrogen) atoms. The molecule has 1 aliphatic rings. The van der Waals surface area contributed by atoms with Crippen LogP contribution in [-0.4, -0.2) is 24.2 Å². The Morgan fingerprint density at radius 2 is 1.87 bits per heavy atom. The minimum Gasteiger partial charge on any atom is -0.497 e. The molecule has 0 spiro atoms. The highest BCUT2D eigenvalue weighted by Crippen LogP contribution is 2.29. The number of rotatable bonds is 3. The number of hydrogen-bond acceptors (Lipinski definition) is 3. The third kappa shape index (κ3) is 4.82. The molecule has 3 atom stereocenters. The second kappa shape index (κ2) is 8.15. The second-order valence-corrected chi connectivity index (χ2v) is 6.56. The smallest absolute Gasteiger partial charge is 0.269 e. The quantitative estimate of drug-likeness (QED) is 0.585. The zero-order valence-electron chi connectivity index (χ0n) is 13.9. The van der Waals surface area contributed by atoms with Crippen LogP contribution in [0.1, 0.15) is 43.5 Å². The molecule has 1 aromatic rings. The lowest BCUT2D eigenvalue weighted by Crippen LogP contribution is -2.52. The van der Waals surface area contributed by atoms with Gasteiger partial charge in [-0.2, -0.15) is 0 Å². The molecule has 1 saturated carbocycles. The molecular formula is C17H25N3O2S. The standard InChI is InChI=1S/C17H25N3O2S/c1-11-5-4-6-15(12(11)2)18-17(23)20-19-16(21)13-7-9-14(22-3)10-8-13/h7-12,15H,4-6H2,1-3H3,(H,19,21)(H2,18,20,23)/t11-,12-,15-/m1/s1. The fourth-order valence-electron chi connectivity index (χ4n) is 2.92. The fraction of sp³-hybridized carbons (Fsp3) is 0.529. The van der Waals surface area contributed by atoms with Gasteiger partial charge in [0.15, 0.2) is 5.11 Å². The Balaban J connectivity index is 1.80. The molecule has 3 N–H and O–H groups in total. The highest BCUT2D eigenvalue weighted by Gasteiger charge is 2.27. The minimum atomic E-state index is -0.234. The summed E-state index contributed by atoms with van der Waals surface area (Å²) in [6.45, 7) is 4.53. The molecule has 6 heteroatoms. The van der Waals surface area contributed by atoms with E-state index in [1.807, 2.05) is 0 Å². The van der Waals surface area contributed by atoms with Crippen molar-refractivity contribution < 1.29 is 9.53 Å². The van der Waals surface area contributed by atoms with Crippen molar-refractivity contribution in [3.05, 3.63) is 29.8 Å². The molecule has 1 aromatic carbocycles. The number of hydrazine groups is 1. The van der Waals surface area contributed by atoms with Crippen LogP contribution in [-0.2, 0) is 0 Å². The number of amides is 1. The first-order valence-corrected chi connectivity index (χ1v) is 8.43. The van der Waals surface area contributed by atoms with E-state index in [4.69, 9.17) is 17.0 Å². The molecule has 0 bridgehead atoms. The summed E-state index contributed by atoms with van der Waals surface area (Å²) in [5.74, 6) is 1.74. The first-order valence-electron chi connectivity index (χ1n) is 8.02. The second-order valence-electron chi connectivity index (χ2n) is 6.15. The Morgan fingerprint density at radius 1 is 1.17 bits per heavy atom. The molecule has 1 fully saturated rings. The predicted molar refractivity (Wildman–Crippen MR) is 95.3 cm³/mol. The van der Waals surface area contributed by atoms with Crippen molar-refractivity contribution >= 4 is 23.2 Å². The van der Waals surface area contributed by atoms with E-state index >= 15 is 0 Å². The van der Waals surface area contributed by atoms with Crippen LogP contribution in [0.4, 0.5) is 0 Å². The van der Waals surface area contributed by atoms with Crippen LogP contribution in [0.2, 0.25) is 0 Å². The fourth-order valence-corrected chi connectivity index (χ4v) is 3.12. The number of thiocarbonyl (C=S) groups is 1. The molecule has 0 heterocycles. The van der Waals surface area contributed by atoms with Crippen molar-refractivity contribution in [2.75, 3.05) is 7.11 Å². The first kappa shape index (κ1) is 17.5. The van der Waals surface area contributed by atoms with E-state index in [-0.39, 0.29) is 5.91 Å². The maximum Gasteiger partial charge on any atom is 0.269 e. The van der Waals surface area contributed by atoms with Crippen LogP contribution in [0, 0.1) is 11.8 Å². The van der Waals surface area contributed by atoms with Crippen LogP contribution in [0.3, 0.4) is 0 Å². The van der Waals surface area contributed by atoms with E-state index in [9.17, 15) is 4.79 Å². The van der Waals surface area contributed by atoms with Gasteiger partial charge in [-0.25, -0.2) is 0 Å². The molecule has 0 radical (unpaired) electrons. The largest absolute Gasteiger partial charge is 0.497 e. The van der Waals surface area contributed by atoms with Gasteiger partial charge in [0.1, 0.15) is 5.75 Å². The van der Waals surface area contributed by atoms with Crippen LogP contribution in [0.15, 0.2) is 24.3 Å². The molecular weight excluding hydrogens is 310 g/mol. The average molecular weight is 335 g/mol. The topological polar surface area (TPSA) is 62.4 Å². The van der Waals surface area contributed by atoms with Crippen molar-refractivity contribution in [2.24, 2.45) is 11.8 Å². The Kier molecular flexibility index (Phi) is 6.21. The molecule has 0 saturated heterocycles. The number of hydrogen-bond donors (Lipinski definition) is 3. The number of carbonyl (C=O) groups is 1. The van der Waals surface area contributed by atoms with Gasteiger partial charge < -0.3 is 10.1 Å². The normalized spacial score (nSPS) is 23.7. The maximum absolute atomic E-state index is 12.1. The summed E-state index contributed by atoms with van der Waals surface area (Å²) in [4.78, 5) is 12.1. The molecule has 0 aliphatic heterocycles. The third-order valence-electron chi connectivity index (χ3n) is 4.67. The maximum atomic E-state index is 12.1. The summed E-state index contributed by atoms with van der Waals surface area (Å²) in [5, 5.41) is 3.77. The lowest BCUT2D eigenvalue weighted by molar-refractivity contribution is 0.0943. The Labute approximate surface area is 143 Å². The summed E-state index contributed by atoms with van der Waals surface area (Å²) in [7, 11) is 1.59. The van der Waals surface area contributed by atoms with E-state index in [1.165, 1.54) is 12.8 Å². The van der Waals surface area contributed by atoms with Crippen LogP contribution < -0.4 is 20.9 Å². The molecule has 0 aromatic heterocycles. The van der Waals surface area contributed by atoms with Crippen molar-refractivity contribution in [3.63, 3.8) is 0 Å². The van der Waals surface area contributed by atoms with Crippen molar-refractivity contribution in [2.45, 2.75) is 39.2 Å². The minimum absolute atomic E-state index is 0.234.